The summed E-state index contributed by atoms with van der Waals surface area (Å²) >= 11 is 0. The van der Waals surface area contributed by atoms with Gasteiger partial charge in [0.1, 0.15) is 0 Å². The van der Waals surface area contributed by atoms with E-state index in [0.29, 0.717) is 5.56 Å². The van der Waals surface area contributed by atoms with E-state index in [1.807, 2.05) is 0 Å². The Balaban J connectivity index is 2.06. The summed E-state index contributed by atoms with van der Waals surface area (Å²) < 4.78 is 38.9. The van der Waals surface area contributed by atoms with Crippen LogP contribution in [0.15, 0.2) is 41.6 Å². The second-order valence-corrected chi connectivity index (χ2v) is 4.29. The van der Waals surface area contributed by atoms with Gasteiger partial charge in [-0.2, -0.15) is 0 Å². The van der Waals surface area contributed by atoms with E-state index < -0.39 is 17.5 Å². The third-order valence-electron chi connectivity index (χ3n) is 2.84. The molecule has 0 radical (unpaired) electrons. The molecule has 0 unspecified atom stereocenters. The van der Waals surface area contributed by atoms with Gasteiger partial charge in [0, 0.05) is 29.9 Å². The van der Waals surface area contributed by atoms with Crippen molar-refractivity contribution in [3.05, 3.63) is 65.0 Å². The monoisotopic (exact) mass is 295 g/mol. The van der Waals surface area contributed by atoms with E-state index >= 15 is 0 Å². The van der Waals surface area contributed by atoms with Gasteiger partial charge < -0.3 is 16.3 Å². The number of oxime groups is 1. The third-order valence-corrected chi connectivity index (χ3v) is 2.84. The molecule has 0 fully saturated rings. The number of hydrogen-bond donors (Lipinski definition) is 3. The summed E-state index contributed by atoms with van der Waals surface area (Å²) in [5, 5.41) is 14.2. The molecule has 0 atom stereocenters. The second-order valence-electron chi connectivity index (χ2n) is 4.29. The number of benzene rings is 2. The van der Waals surface area contributed by atoms with Gasteiger partial charge in [0.05, 0.1) is 0 Å². The van der Waals surface area contributed by atoms with Gasteiger partial charge in [0.25, 0.3) is 0 Å². The second kappa shape index (κ2) is 6.17. The van der Waals surface area contributed by atoms with Gasteiger partial charge in [-0.05, 0) is 5.56 Å². The zero-order chi connectivity index (χ0) is 15.4. The predicted octanol–water partition coefficient (Wildman–Crippen LogP) is 2.81. The summed E-state index contributed by atoms with van der Waals surface area (Å²) in [5.74, 6) is -4.01. The molecule has 0 amide bonds. The SMILES string of the molecule is NC(=NO)c1ccc(CNc2cc(F)c(F)c(F)c2)cc1. The molecule has 0 aromatic heterocycles. The van der Waals surface area contributed by atoms with Crippen LogP contribution < -0.4 is 11.1 Å². The van der Waals surface area contributed by atoms with Gasteiger partial charge in [-0.3, -0.25) is 0 Å². The van der Waals surface area contributed by atoms with Crippen LogP contribution in [0.3, 0.4) is 0 Å². The molecule has 21 heavy (non-hydrogen) atoms. The zero-order valence-electron chi connectivity index (χ0n) is 10.8. The summed E-state index contributed by atoms with van der Waals surface area (Å²) in [5.41, 5.74) is 6.90. The van der Waals surface area contributed by atoms with E-state index in [4.69, 9.17) is 10.9 Å². The molecule has 2 rings (SSSR count). The van der Waals surface area contributed by atoms with Crippen molar-refractivity contribution in [1.29, 1.82) is 0 Å². The lowest BCUT2D eigenvalue weighted by Gasteiger charge is -2.08. The number of nitrogens with two attached hydrogens (primary N) is 1. The van der Waals surface area contributed by atoms with Gasteiger partial charge in [-0.25, -0.2) is 13.2 Å². The predicted molar refractivity (Wildman–Crippen MR) is 72.6 cm³/mol. The maximum Gasteiger partial charge on any atom is 0.194 e. The molecule has 0 spiro atoms. The number of halogens is 3. The number of nitrogens with one attached hydrogen (secondary N) is 1. The Morgan fingerprint density at radius 1 is 1.10 bits per heavy atom. The normalized spacial score (nSPS) is 11.5. The quantitative estimate of drug-likeness (QED) is 0.267. The highest BCUT2D eigenvalue weighted by atomic mass is 19.2. The Morgan fingerprint density at radius 2 is 1.67 bits per heavy atom. The minimum absolute atomic E-state index is 0.0165. The summed E-state index contributed by atoms with van der Waals surface area (Å²) in [6.07, 6.45) is 0. The Bertz CT molecular complexity index is 649. The molecule has 110 valence electrons. The Kier molecular flexibility index (Phi) is 4.32. The first-order valence-corrected chi connectivity index (χ1v) is 5.96. The Hall–Kier alpha value is -2.70. The molecule has 0 saturated carbocycles. The average Bonchev–Trinajstić information content (AvgIpc) is 2.50. The molecule has 4 N–H and O–H groups in total. The van der Waals surface area contributed by atoms with Gasteiger partial charge in [-0.1, -0.05) is 29.4 Å². The third kappa shape index (κ3) is 3.44. The van der Waals surface area contributed by atoms with Crippen LogP contribution in [0.4, 0.5) is 18.9 Å². The molecule has 4 nitrogen and oxygen atoms in total. The topological polar surface area (TPSA) is 70.6 Å². The van der Waals surface area contributed by atoms with Gasteiger partial charge >= 0.3 is 0 Å². The lowest BCUT2D eigenvalue weighted by atomic mass is 10.1. The van der Waals surface area contributed by atoms with Gasteiger partial charge in [-0.15, -0.1) is 0 Å². The van der Waals surface area contributed by atoms with Crippen LogP contribution in [-0.2, 0) is 6.54 Å². The van der Waals surface area contributed by atoms with E-state index in [0.717, 1.165) is 17.7 Å². The number of nitrogens with zero attached hydrogens (tertiary/aromatic N) is 1. The summed E-state index contributed by atoms with van der Waals surface area (Å²) in [7, 11) is 0. The highest BCUT2D eigenvalue weighted by molar-refractivity contribution is 5.96. The average molecular weight is 295 g/mol. The Labute approximate surface area is 118 Å². The first kappa shape index (κ1) is 14.7. The zero-order valence-corrected chi connectivity index (χ0v) is 10.8. The van der Waals surface area contributed by atoms with E-state index in [1.54, 1.807) is 24.3 Å². The smallest absolute Gasteiger partial charge is 0.194 e. The molecule has 0 aliphatic heterocycles. The highest BCUT2D eigenvalue weighted by Gasteiger charge is 2.10. The van der Waals surface area contributed by atoms with Crippen molar-refractivity contribution in [1.82, 2.24) is 0 Å². The number of rotatable bonds is 4. The van der Waals surface area contributed by atoms with E-state index in [-0.39, 0.29) is 18.1 Å². The maximum absolute atomic E-state index is 13.0. The molecule has 0 aliphatic carbocycles. The first-order chi connectivity index (χ1) is 10.0. The van der Waals surface area contributed by atoms with Crippen LogP contribution in [0.25, 0.3) is 0 Å². The summed E-state index contributed by atoms with van der Waals surface area (Å²) in [6.45, 7) is 0.279. The molecule has 0 heterocycles. The molecule has 0 bridgehead atoms. The summed E-state index contributed by atoms with van der Waals surface area (Å²) in [6, 6.07) is 8.44. The molecule has 7 heteroatoms. The summed E-state index contributed by atoms with van der Waals surface area (Å²) in [4.78, 5) is 0. The van der Waals surface area contributed by atoms with Crippen LogP contribution in [0, 0.1) is 17.5 Å². The van der Waals surface area contributed by atoms with Crippen LogP contribution >= 0.6 is 0 Å². The van der Waals surface area contributed by atoms with Crippen molar-refractivity contribution in [2.75, 3.05) is 5.32 Å². The van der Waals surface area contributed by atoms with Gasteiger partial charge in [0.2, 0.25) is 0 Å². The number of hydrogen-bond acceptors (Lipinski definition) is 3. The minimum atomic E-state index is -1.50. The number of amidine groups is 1. The lowest BCUT2D eigenvalue weighted by Crippen LogP contribution is -2.13. The van der Waals surface area contributed by atoms with E-state index in [2.05, 4.69) is 10.5 Å². The standard InChI is InChI=1S/C14H12F3N3O/c15-11-5-10(6-12(16)13(11)17)19-7-8-1-3-9(4-2-8)14(18)20-21/h1-6,19,21H,7H2,(H2,18,20). The Morgan fingerprint density at radius 3 is 2.19 bits per heavy atom. The van der Waals surface area contributed by atoms with Crippen LogP contribution in [0.5, 0.6) is 0 Å². The van der Waals surface area contributed by atoms with E-state index in [1.165, 1.54) is 0 Å². The number of anilines is 1. The van der Waals surface area contributed by atoms with Crippen molar-refractivity contribution >= 4 is 11.5 Å². The van der Waals surface area contributed by atoms with Crippen molar-refractivity contribution in [3.63, 3.8) is 0 Å². The molecule has 2 aromatic rings. The maximum atomic E-state index is 13.0. The highest BCUT2D eigenvalue weighted by Crippen LogP contribution is 2.18. The fraction of sp³-hybridized carbons (Fsp3) is 0.0714. The van der Waals surface area contributed by atoms with Crippen LogP contribution in [0.1, 0.15) is 11.1 Å². The fourth-order valence-corrected chi connectivity index (χ4v) is 1.71. The fourth-order valence-electron chi connectivity index (χ4n) is 1.71. The van der Waals surface area contributed by atoms with Crippen molar-refractivity contribution < 1.29 is 18.4 Å². The van der Waals surface area contributed by atoms with Crippen LogP contribution in [0.2, 0.25) is 0 Å². The molecule has 2 aromatic carbocycles. The van der Waals surface area contributed by atoms with Crippen LogP contribution in [-0.4, -0.2) is 11.0 Å². The molecule has 0 saturated heterocycles. The first-order valence-electron chi connectivity index (χ1n) is 5.96. The minimum Gasteiger partial charge on any atom is -0.409 e. The molecule has 0 aliphatic rings. The van der Waals surface area contributed by atoms with Crippen molar-refractivity contribution in [2.45, 2.75) is 6.54 Å². The van der Waals surface area contributed by atoms with Gasteiger partial charge in [0.15, 0.2) is 23.3 Å². The largest absolute Gasteiger partial charge is 0.409 e. The van der Waals surface area contributed by atoms with Crippen molar-refractivity contribution in [3.8, 4) is 0 Å². The molecular formula is C14H12F3N3O. The van der Waals surface area contributed by atoms with E-state index in [9.17, 15) is 13.2 Å². The molecular weight excluding hydrogens is 283 g/mol. The van der Waals surface area contributed by atoms with Crippen molar-refractivity contribution in [2.24, 2.45) is 10.9 Å². The lowest BCUT2D eigenvalue weighted by molar-refractivity contribution is 0.318.